The number of nitrogens with zero attached hydrogens (tertiary/aromatic N) is 3. The number of hydrogen-bond donors (Lipinski definition) is 0. The van der Waals surface area contributed by atoms with Crippen molar-refractivity contribution in [2.24, 2.45) is 0 Å². The van der Waals surface area contributed by atoms with Gasteiger partial charge in [0.25, 0.3) is 5.91 Å². The molecule has 0 unspecified atom stereocenters. The van der Waals surface area contributed by atoms with E-state index in [0.717, 1.165) is 62.1 Å². The summed E-state index contributed by atoms with van der Waals surface area (Å²) in [6.45, 7) is 3.92. The summed E-state index contributed by atoms with van der Waals surface area (Å²) in [5.41, 5.74) is 1.75. The van der Waals surface area contributed by atoms with Crippen LogP contribution in [0.5, 0.6) is 5.75 Å². The van der Waals surface area contributed by atoms with Gasteiger partial charge in [-0.05, 0) is 44.0 Å². The topological polar surface area (TPSA) is 46.9 Å². The number of fused-ring (bicyclic) bond motifs is 1. The van der Waals surface area contributed by atoms with Crippen LogP contribution in [0.1, 0.15) is 29.6 Å². The standard InChI is InChI=1S/C25H30ClN3O3/c1-27(31-2)25(30)21-18-29(23-10-5-3-8-20(21)23)15-7-14-28-16-12-19(13-17-28)32-24-11-6-4-9-22(24)26/h3-6,8-11,18-19H,7,12-17H2,1-2H3. The van der Waals surface area contributed by atoms with Crippen LogP contribution in [0, 0.1) is 0 Å². The quantitative estimate of drug-likeness (QED) is 0.455. The lowest BCUT2D eigenvalue weighted by atomic mass is 10.1. The lowest BCUT2D eigenvalue weighted by Crippen LogP contribution is -2.39. The molecule has 1 saturated heterocycles. The number of hydroxylamine groups is 2. The van der Waals surface area contributed by atoms with E-state index in [2.05, 4.69) is 15.5 Å². The molecule has 0 bridgehead atoms. The number of aromatic nitrogens is 1. The maximum Gasteiger partial charge on any atom is 0.279 e. The Kier molecular flexibility index (Phi) is 7.35. The maximum absolute atomic E-state index is 12.7. The van der Waals surface area contributed by atoms with Gasteiger partial charge in [-0.25, -0.2) is 5.06 Å². The minimum absolute atomic E-state index is 0.136. The third-order valence-corrected chi connectivity index (χ3v) is 6.43. The number of piperidine rings is 1. The van der Waals surface area contributed by atoms with E-state index < -0.39 is 0 Å². The van der Waals surface area contributed by atoms with Crippen LogP contribution < -0.4 is 4.74 Å². The molecule has 2 heterocycles. The van der Waals surface area contributed by atoms with Gasteiger partial charge in [-0.3, -0.25) is 9.63 Å². The number of carbonyl (C=O) groups is 1. The molecule has 1 aliphatic rings. The number of amides is 1. The predicted molar refractivity (Wildman–Crippen MR) is 127 cm³/mol. The Morgan fingerprint density at radius 2 is 1.81 bits per heavy atom. The third-order valence-electron chi connectivity index (χ3n) is 6.12. The molecule has 3 aromatic rings. The van der Waals surface area contributed by atoms with Crippen molar-refractivity contribution in [1.29, 1.82) is 0 Å². The Balaban J connectivity index is 1.31. The van der Waals surface area contributed by atoms with Gasteiger partial charge in [-0.2, -0.15) is 0 Å². The highest BCUT2D eigenvalue weighted by Crippen LogP contribution is 2.27. The summed E-state index contributed by atoms with van der Waals surface area (Å²) in [7, 11) is 3.13. The molecule has 2 aromatic carbocycles. The molecule has 0 N–H and O–H groups in total. The monoisotopic (exact) mass is 455 g/mol. The minimum Gasteiger partial charge on any atom is -0.489 e. The molecule has 0 radical (unpaired) electrons. The van der Waals surface area contributed by atoms with Crippen LogP contribution in [0.15, 0.2) is 54.7 Å². The lowest BCUT2D eigenvalue weighted by molar-refractivity contribution is -0.0755. The molecule has 1 aliphatic heterocycles. The van der Waals surface area contributed by atoms with E-state index >= 15 is 0 Å². The summed E-state index contributed by atoms with van der Waals surface area (Å²) in [4.78, 5) is 20.2. The Morgan fingerprint density at radius 1 is 1.09 bits per heavy atom. The summed E-state index contributed by atoms with van der Waals surface area (Å²) in [6.07, 6.45) is 5.18. The van der Waals surface area contributed by atoms with E-state index in [9.17, 15) is 4.79 Å². The van der Waals surface area contributed by atoms with Crippen LogP contribution in [0.2, 0.25) is 5.02 Å². The predicted octanol–water partition coefficient (Wildman–Crippen LogP) is 4.86. The molecule has 4 rings (SSSR count). The van der Waals surface area contributed by atoms with Crippen molar-refractivity contribution in [3.63, 3.8) is 0 Å². The van der Waals surface area contributed by atoms with E-state index in [1.54, 1.807) is 7.05 Å². The molecule has 0 aliphatic carbocycles. The molecule has 0 spiro atoms. The smallest absolute Gasteiger partial charge is 0.279 e. The Bertz CT molecular complexity index is 1060. The highest BCUT2D eigenvalue weighted by atomic mass is 35.5. The van der Waals surface area contributed by atoms with Crippen molar-refractivity contribution in [1.82, 2.24) is 14.5 Å². The van der Waals surface area contributed by atoms with E-state index in [4.69, 9.17) is 21.2 Å². The third kappa shape index (κ3) is 5.09. The van der Waals surface area contributed by atoms with Crippen LogP contribution in [0.3, 0.4) is 0 Å². The average molecular weight is 456 g/mol. The maximum atomic E-state index is 12.7. The molecule has 170 valence electrons. The molecular weight excluding hydrogens is 426 g/mol. The second-order valence-corrected chi connectivity index (χ2v) is 8.59. The zero-order valence-corrected chi connectivity index (χ0v) is 19.4. The molecular formula is C25H30ClN3O3. The number of para-hydroxylation sites is 2. The van der Waals surface area contributed by atoms with E-state index in [-0.39, 0.29) is 12.0 Å². The molecule has 6 nitrogen and oxygen atoms in total. The molecule has 1 fully saturated rings. The SMILES string of the molecule is CON(C)C(=O)c1cn(CCCN2CCC(Oc3ccccc3Cl)CC2)c2ccccc12. The number of ether oxygens (including phenoxy) is 1. The highest BCUT2D eigenvalue weighted by molar-refractivity contribution is 6.32. The molecule has 32 heavy (non-hydrogen) atoms. The van der Waals surface area contributed by atoms with Crippen molar-refractivity contribution in [3.8, 4) is 5.75 Å². The first-order valence-electron chi connectivity index (χ1n) is 11.1. The van der Waals surface area contributed by atoms with Gasteiger partial charge in [0.05, 0.1) is 17.7 Å². The van der Waals surface area contributed by atoms with Crippen LogP contribution in [-0.4, -0.2) is 60.3 Å². The van der Waals surface area contributed by atoms with Gasteiger partial charge in [0.15, 0.2) is 0 Å². The number of benzene rings is 2. The van der Waals surface area contributed by atoms with Crippen LogP contribution in [-0.2, 0) is 11.4 Å². The Hall–Kier alpha value is -2.54. The fourth-order valence-electron chi connectivity index (χ4n) is 4.29. The zero-order valence-electron chi connectivity index (χ0n) is 18.7. The van der Waals surface area contributed by atoms with E-state index in [1.165, 1.54) is 12.2 Å². The Morgan fingerprint density at radius 3 is 2.56 bits per heavy atom. The highest BCUT2D eigenvalue weighted by Gasteiger charge is 2.22. The summed E-state index contributed by atoms with van der Waals surface area (Å²) in [6, 6.07) is 15.7. The number of carbonyl (C=O) groups excluding carboxylic acids is 1. The fourth-order valence-corrected chi connectivity index (χ4v) is 4.47. The summed E-state index contributed by atoms with van der Waals surface area (Å²) < 4.78 is 8.28. The molecule has 1 aromatic heterocycles. The van der Waals surface area contributed by atoms with Crippen molar-refractivity contribution in [3.05, 3.63) is 65.3 Å². The second-order valence-electron chi connectivity index (χ2n) is 8.18. The van der Waals surface area contributed by atoms with Crippen LogP contribution >= 0.6 is 11.6 Å². The first-order valence-corrected chi connectivity index (χ1v) is 11.5. The normalized spacial score (nSPS) is 15.2. The first-order chi connectivity index (χ1) is 15.6. The minimum atomic E-state index is -0.136. The van der Waals surface area contributed by atoms with Crippen molar-refractivity contribution in [2.75, 3.05) is 33.8 Å². The van der Waals surface area contributed by atoms with E-state index in [1.807, 2.05) is 48.7 Å². The van der Waals surface area contributed by atoms with Crippen LogP contribution in [0.25, 0.3) is 10.9 Å². The van der Waals surface area contributed by atoms with Gasteiger partial charge in [0.2, 0.25) is 0 Å². The van der Waals surface area contributed by atoms with Gasteiger partial charge in [0, 0.05) is 43.8 Å². The van der Waals surface area contributed by atoms with Gasteiger partial charge in [-0.1, -0.05) is 41.9 Å². The molecule has 0 saturated carbocycles. The van der Waals surface area contributed by atoms with Crippen molar-refractivity contribution < 1.29 is 14.4 Å². The number of hydrogen-bond acceptors (Lipinski definition) is 4. The summed E-state index contributed by atoms with van der Waals surface area (Å²) >= 11 is 6.22. The number of halogens is 1. The molecule has 0 atom stereocenters. The van der Waals surface area contributed by atoms with E-state index in [0.29, 0.717) is 10.6 Å². The zero-order chi connectivity index (χ0) is 22.5. The molecule has 7 heteroatoms. The Labute approximate surface area is 194 Å². The van der Waals surface area contributed by atoms with Gasteiger partial charge >= 0.3 is 0 Å². The van der Waals surface area contributed by atoms with Gasteiger partial charge < -0.3 is 14.2 Å². The lowest BCUT2D eigenvalue weighted by Gasteiger charge is -2.32. The number of aryl methyl sites for hydroxylation is 1. The largest absolute Gasteiger partial charge is 0.489 e. The van der Waals surface area contributed by atoms with Crippen molar-refractivity contribution >= 4 is 28.4 Å². The van der Waals surface area contributed by atoms with Crippen LogP contribution in [0.4, 0.5) is 0 Å². The average Bonchev–Trinajstić information content (AvgIpc) is 3.19. The number of rotatable bonds is 8. The fraction of sp³-hybridized carbons (Fsp3) is 0.400. The summed E-state index contributed by atoms with van der Waals surface area (Å²) in [5, 5.41) is 2.89. The molecule has 1 amide bonds. The first kappa shape index (κ1) is 22.6. The second kappa shape index (κ2) is 10.4. The van der Waals surface area contributed by atoms with Gasteiger partial charge in [0.1, 0.15) is 11.9 Å². The van der Waals surface area contributed by atoms with Gasteiger partial charge in [-0.15, -0.1) is 0 Å². The van der Waals surface area contributed by atoms with Crippen molar-refractivity contribution in [2.45, 2.75) is 31.9 Å². The summed E-state index contributed by atoms with van der Waals surface area (Å²) in [5.74, 6) is 0.639. The number of likely N-dealkylation sites (tertiary alicyclic amines) is 1.